The van der Waals surface area contributed by atoms with Crippen LogP contribution in [0, 0.1) is 6.92 Å². The normalized spacial score (nSPS) is 18.3. The molecule has 0 atom stereocenters. The minimum absolute atomic E-state index is 0.105. The van der Waals surface area contributed by atoms with Gasteiger partial charge in [-0.15, -0.1) is 0 Å². The minimum Gasteiger partial charge on any atom is -0.454 e. The Hall–Kier alpha value is -3.23. The summed E-state index contributed by atoms with van der Waals surface area (Å²) in [6, 6.07) is 7.43. The molecule has 9 nitrogen and oxygen atoms in total. The number of aromatic nitrogens is 2. The van der Waals surface area contributed by atoms with Crippen LogP contribution in [-0.2, 0) is 0 Å². The molecule has 1 N–H and O–H groups in total. The lowest BCUT2D eigenvalue weighted by Gasteiger charge is -2.36. The van der Waals surface area contributed by atoms with Gasteiger partial charge in [-0.3, -0.25) is 0 Å². The standard InChI is InChI=1S/C22H28N6O3/c1-16-23-20(26-7-3-2-4-8-26)14-21(24-16)27-9-11-28(12-10-27)22(29)25-17-5-6-18-19(13-17)31-15-30-18/h5-6,13-14H,2-4,7-12,15H2,1H3,(H,25,29). The molecule has 3 aliphatic heterocycles. The van der Waals surface area contributed by atoms with Crippen LogP contribution in [0.4, 0.5) is 22.1 Å². The van der Waals surface area contributed by atoms with Crippen LogP contribution in [0.15, 0.2) is 24.3 Å². The van der Waals surface area contributed by atoms with Crippen molar-refractivity contribution in [2.75, 3.05) is 61.2 Å². The molecule has 0 aliphatic carbocycles. The Balaban J connectivity index is 1.20. The van der Waals surface area contributed by atoms with E-state index in [1.165, 1.54) is 19.3 Å². The van der Waals surface area contributed by atoms with Crippen molar-refractivity contribution in [2.24, 2.45) is 0 Å². The molecule has 9 heteroatoms. The maximum absolute atomic E-state index is 12.7. The van der Waals surface area contributed by atoms with Crippen LogP contribution >= 0.6 is 0 Å². The number of aryl methyl sites for hydroxylation is 1. The molecule has 3 aliphatic rings. The highest BCUT2D eigenvalue weighted by atomic mass is 16.7. The van der Waals surface area contributed by atoms with Crippen molar-refractivity contribution in [3.8, 4) is 11.5 Å². The van der Waals surface area contributed by atoms with Gasteiger partial charge in [0.15, 0.2) is 11.5 Å². The van der Waals surface area contributed by atoms with E-state index in [1.54, 1.807) is 6.07 Å². The average Bonchev–Trinajstić information content (AvgIpc) is 3.27. The SMILES string of the molecule is Cc1nc(N2CCCCC2)cc(N2CCN(C(=O)Nc3ccc4c(c3)OCO4)CC2)n1. The Morgan fingerprint density at radius 1 is 0.871 bits per heavy atom. The summed E-state index contributed by atoms with van der Waals surface area (Å²) in [5.41, 5.74) is 0.703. The molecule has 31 heavy (non-hydrogen) atoms. The first-order valence-corrected chi connectivity index (χ1v) is 11.0. The van der Waals surface area contributed by atoms with Crippen molar-refractivity contribution < 1.29 is 14.3 Å². The van der Waals surface area contributed by atoms with Gasteiger partial charge in [0.1, 0.15) is 17.5 Å². The monoisotopic (exact) mass is 424 g/mol. The number of piperidine rings is 1. The number of ether oxygens (including phenoxy) is 2. The highest BCUT2D eigenvalue weighted by Gasteiger charge is 2.24. The number of rotatable bonds is 3. The van der Waals surface area contributed by atoms with E-state index in [0.717, 1.165) is 43.6 Å². The number of hydrogen-bond donors (Lipinski definition) is 1. The van der Waals surface area contributed by atoms with E-state index in [1.807, 2.05) is 24.0 Å². The van der Waals surface area contributed by atoms with Crippen molar-refractivity contribution in [2.45, 2.75) is 26.2 Å². The summed E-state index contributed by atoms with van der Waals surface area (Å²) in [5.74, 6) is 4.12. The number of nitrogens with zero attached hydrogens (tertiary/aromatic N) is 5. The number of hydrogen-bond acceptors (Lipinski definition) is 7. The highest BCUT2D eigenvalue weighted by Crippen LogP contribution is 2.34. The summed E-state index contributed by atoms with van der Waals surface area (Å²) in [6.07, 6.45) is 3.73. The van der Waals surface area contributed by atoms with Crippen LogP contribution in [0.1, 0.15) is 25.1 Å². The molecule has 164 valence electrons. The fraction of sp³-hybridized carbons (Fsp3) is 0.500. The van der Waals surface area contributed by atoms with Crippen LogP contribution in [-0.4, -0.2) is 67.0 Å². The number of carbonyl (C=O) groups is 1. The van der Waals surface area contributed by atoms with E-state index >= 15 is 0 Å². The van der Waals surface area contributed by atoms with Crippen molar-refractivity contribution in [3.05, 3.63) is 30.1 Å². The molecule has 2 fully saturated rings. The minimum atomic E-state index is -0.105. The number of nitrogens with one attached hydrogen (secondary N) is 1. The smallest absolute Gasteiger partial charge is 0.321 e. The number of carbonyl (C=O) groups excluding carboxylic acids is 1. The second-order valence-corrected chi connectivity index (χ2v) is 8.15. The Morgan fingerprint density at radius 3 is 2.29 bits per heavy atom. The quantitative estimate of drug-likeness (QED) is 0.811. The van der Waals surface area contributed by atoms with Gasteiger partial charge in [-0.05, 0) is 38.3 Å². The van der Waals surface area contributed by atoms with Gasteiger partial charge in [-0.1, -0.05) is 0 Å². The average molecular weight is 425 g/mol. The van der Waals surface area contributed by atoms with Gasteiger partial charge < -0.3 is 29.5 Å². The predicted molar refractivity (Wildman–Crippen MR) is 118 cm³/mol. The van der Waals surface area contributed by atoms with E-state index < -0.39 is 0 Å². The van der Waals surface area contributed by atoms with Crippen LogP contribution in [0.25, 0.3) is 0 Å². The van der Waals surface area contributed by atoms with E-state index in [2.05, 4.69) is 31.2 Å². The van der Waals surface area contributed by atoms with Gasteiger partial charge in [-0.25, -0.2) is 14.8 Å². The fourth-order valence-corrected chi connectivity index (χ4v) is 4.30. The lowest BCUT2D eigenvalue weighted by Crippen LogP contribution is -2.50. The lowest BCUT2D eigenvalue weighted by atomic mass is 10.1. The van der Waals surface area contributed by atoms with Crippen molar-refractivity contribution in [1.82, 2.24) is 14.9 Å². The first-order valence-electron chi connectivity index (χ1n) is 11.0. The Labute approximate surface area is 182 Å². The summed E-state index contributed by atoms with van der Waals surface area (Å²) in [6.45, 7) is 7.04. The Kier molecular flexibility index (Phi) is 5.40. The second-order valence-electron chi connectivity index (χ2n) is 8.15. The molecule has 5 rings (SSSR count). The zero-order valence-corrected chi connectivity index (χ0v) is 17.8. The van der Waals surface area contributed by atoms with Crippen LogP contribution < -0.4 is 24.6 Å². The molecule has 1 aromatic carbocycles. The molecule has 0 spiro atoms. The first kappa shape index (κ1) is 19.7. The van der Waals surface area contributed by atoms with Gasteiger partial charge in [0.25, 0.3) is 0 Å². The van der Waals surface area contributed by atoms with Crippen LogP contribution in [0.2, 0.25) is 0 Å². The molecular weight excluding hydrogens is 396 g/mol. The summed E-state index contributed by atoms with van der Waals surface area (Å²) >= 11 is 0. The fourth-order valence-electron chi connectivity index (χ4n) is 4.30. The van der Waals surface area contributed by atoms with Crippen molar-refractivity contribution in [3.63, 3.8) is 0 Å². The molecule has 0 radical (unpaired) electrons. The Bertz CT molecular complexity index is 954. The highest BCUT2D eigenvalue weighted by molar-refractivity contribution is 5.90. The molecule has 2 saturated heterocycles. The van der Waals surface area contributed by atoms with E-state index in [9.17, 15) is 4.79 Å². The number of piperazine rings is 1. The maximum atomic E-state index is 12.7. The molecular formula is C22H28N6O3. The van der Waals surface area contributed by atoms with Crippen molar-refractivity contribution in [1.29, 1.82) is 0 Å². The molecule has 1 aromatic heterocycles. The number of benzene rings is 1. The molecule has 4 heterocycles. The molecule has 0 unspecified atom stereocenters. The maximum Gasteiger partial charge on any atom is 0.321 e. The van der Waals surface area contributed by atoms with Gasteiger partial charge >= 0.3 is 6.03 Å². The third-order valence-electron chi connectivity index (χ3n) is 6.01. The summed E-state index contributed by atoms with van der Waals surface area (Å²) in [7, 11) is 0. The predicted octanol–water partition coefficient (Wildman–Crippen LogP) is 2.86. The van der Waals surface area contributed by atoms with Gasteiger partial charge in [-0.2, -0.15) is 0 Å². The topological polar surface area (TPSA) is 83.1 Å². The summed E-state index contributed by atoms with van der Waals surface area (Å²) in [4.78, 5) is 28.5. The zero-order chi connectivity index (χ0) is 21.2. The molecule has 0 bridgehead atoms. The summed E-state index contributed by atoms with van der Waals surface area (Å²) in [5, 5.41) is 2.96. The number of anilines is 3. The third kappa shape index (κ3) is 4.30. The largest absolute Gasteiger partial charge is 0.454 e. The van der Waals surface area contributed by atoms with E-state index in [0.29, 0.717) is 30.3 Å². The number of fused-ring (bicyclic) bond motifs is 1. The molecule has 2 amide bonds. The van der Waals surface area contributed by atoms with Crippen LogP contribution in [0.3, 0.4) is 0 Å². The molecule has 2 aromatic rings. The first-order chi connectivity index (χ1) is 15.2. The third-order valence-corrected chi connectivity index (χ3v) is 6.01. The second kappa shape index (κ2) is 8.49. The summed E-state index contributed by atoms with van der Waals surface area (Å²) < 4.78 is 10.7. The number of urea groups is 1. The van der Waals surface area contributed by atoms with E-state index in [-0.39, 0.29) is 12.8 Å². The zero-order valence-electron chi connectivity index (χ0n) is 17.8. The van der Waals surface area contributed by atoms with E-state index in [4.69, 9.17) is 9.47 Å². The van der Waals surface area contributed by atoms with Gasteiger partial charge in [0, 0.05) is 57.1 Å². The van der Waals surface area contributed by atoms with Crippen LogP contribution in [0.5, 0.6) is 11.5 Å². The van der Waals surface area contributed by atoms with Gasteiger partial charge in [0.2, 0.25) is 6.79 Å². The number of amides is 2. The lowest BCUT2D eigenvalue weighted by molar-refractivity contribution is 0.174. The van der Waals surface area contributed by atoms with Crippen molar-refractivity contribution >= 4 is 23.4 Å². The Morgan fingerprint density at radius 2 is 1.55 bits per heavy atom. The molecule has 0 saturated carbocycles. The van der Waals surface area contributed by atoms with Gasteiger partial charge in [0.05, 0.1) is 0 Å².